The molecule has 146 valence electrons. The van der Waals surface area contributed by atoms with E-state index in [0.717, 1.165) is 44.1 Å². The average molecular weight is 385 g/mol. The molecule has 4 nitrogen and oxygen atoms in total. The van der Waals surface area contributed by atoms with Crippen LogP contribution in [0.5, 0.6) is 0 Å². The van der Waals surface area contributed by atoms with Gasteiger partial charge in [-0.3, -0.25) is 4.79 Å². The normalized spacial score (nSPS) is 28.3. The summed E-state index contributed by atoms with van der Waals surface area (Å²) < 4.78 is 13.0. The minimum Gasteiger partial charge on any atom is -0.388 e. The second-order valence-corrected chi connectivity index (χ2v) is 7.96. The number of carbonyl (C=O) groups is 1. The summed E-state index contributed by atoms with van der Waals surface area (Å²) in [6, 6.07) is 6.03. The Morgan fingerprint density at radius 1 is 1.23 bits per heavy atom. The van der Waals surface area contributed by atoms with E-state index in [2.05, 4.69) is 0 Å². The SMILES string of the molecule is CC1(N)CCCCC1C(=O)N1CCC(C(O)c2ccc(F)cc2)CC1.Cl. The Balaban J connectivity index is 0.00000243. The Morgan fingerprint density at radius 2 is 1.85 bits per heavy atom. The average Bonchev–Trinajstić information content (AvgIpc) is 2.61. The Bertz CT molecular complexity index is 600. The number of hydrogen-bond donors (Lipinski definition) is 2. The standard InChI is InChI=1S/C20H29FN2O2.ClH/c1-20(22)11-3-2-4-17(20)19(25)23-12-9-15(10-13-23)18(24)14-5-7-16(21)8-6-14;/h5-8,15,17-18,24H,2-4,9-13,22H2,1H3;1H. The van der Waals surface area contributed by atoms with Gasteiger partial charge in [-0.15, -0.1) is 12.4 Å². The second-order valence-electron chi connectivity index (χ2n) is 7.96. The van der Waals surface area contributed by atoms with Crippen LogP contribution in [0.3, 0.4) is 0 Å². The third kappa shape index (κ3) is 4.56. The number of likely N-dealkylation sites (tertiary alicyclic amines) is 1. The Morgan fingerprint density at radius 3 is 2.42 bits per heavy atom. The summed E-state index contributed by atoms with van der Waals surface area (Å²) in [6.45, 7) is 3.32. The number of halogens is 2. The van der Waals surface area contributed by atoms with E-state index < -0.39 is 11.6 Å². The minimum atomic E-state index is -0.604. The lowest BCUT2D eigenvalue weighted by Gasteiger charge is -2.42. The highest BCUT2D eigenvalue weighted by Crippen LogP contribution is 2.35. The van der Waals surface area contributed by atoms with E-state index in [0.29, 0.717) is 13.1 Å². The summed E-state index contributed by atoms with van der Waals surface area (Å²) in [5.41, 5.74) is 6.72. The van der Waals surface area contributed by atoms with Gasteiger partial charge >= 0.3 is 0 Å². The molecule has 3 N–H and O–H groups in total. The van der Waals surface area contributed by atoms with Crippen LogP contribution in [0, 0.1) is 17.7 Å². The molecule has 1 aliphatic heterocycles. The third-order valence-corrected chi connectivity index (χ3v) is 6.06. The summed E-state index contributed by atoms with van der Waals surface area (Å²) in [5.74, 6) is -0.0990. The smallest absolute Gasteiger partial charge is 0.227 e. The summed E-state index contributed by atoms with van der Waals surface area (Å²) >= 11 is 0. The zero-order valence-corrected chi connectivity index (χ0v) is 16.2. The topological polar surface area (TPSA) is 66.6 Å². The van der Waals surface area contributed by atoms with Gasteiger partial charge < -0.3 is 15.7 Å². The monoisotopic (exact) mass is 384 g/mol. The fourth-order valence-corrected chi connectivity index (χ4v) is 4.35. The van der Waals surface area contributed by atoms with Crippen molar-refractivity contribution in [3.8, 4) is 0 Å². The number of aliphatic hydroxyl groups is 1. The molecule has 6 heteroatoms. The molecular formula is C20H30ClFN2O2. The Hall–Kier alpha value is -1.17. The van der Waals surface area contributed by atoms with Gasteiger partial charge in [0.2, 0.25) is 5.91 Å². The molecule has 3 atom stereocenters. The number of carbonyl (C=O) groups excluding carboxylic acids is 1. The van der Waals surface area contributed by atoms with Crippen LogP contribution in [0.15, 0.2) is 24.3 Å². The largest absolute Gasteiger partial charge is 0.388 e. The summed E-state index contributed by atoms with van der Waals surface area (Å²) in [5, 5.41) is 10.5. The molecule has 2 fully saturated rings. The van der Waals surface area contributed by atoms with Gasteiger partial charge in [-0.25, -0.2) is 4.39 Å². The van der Waals surface area contributed by atoms with Gasteiger partial charge in [-0.1, -0.05) is 25.0 Å². The number of rotatable bonds is 3. The van der Waals surface area contributed by atoms with Crippen molar-refractivity contribution in [1.82, 2.24) is 4.90 Å². The highest BCUT2D eigenvalue weighted by Gasteiger charge is 2.40. The molecule has 0 aromatic heterocycles. The quantitative estimate of drug-likeness (QED) is 0.839. The number of piperidine rings is 1. The van der Waals surface area contributed by atoms with Crippen LogP contribution < -0.4 is 5.73 Å². The number of aliphatic hydroxyl groups excluding tert-OH is 1. The van der Waals surface area contributed by atoms with Crippen molar-refractivity contribution in [2.75, 3.05) is 13.1 Å². The summed E-state index contributed by atoms with van der Waals surface area (Å²) in [4.78, 5) is 14.8. The van der Waals surface area contributed by atoms with Gasteiger partial charge in [0.05, 0.1) is 12.0 Å². The molecule has 1 saturated carbocycles. The van der Waals surface area contributed by atoms with E-state index in [1.807, 2.05) is 11.8 Å². The molecular weight excluding hydrogens is 355 g/mol. The maximum absolute atomic E-state index is 13.0. The van der Waals surface area contributed by atoms with Crippen LogP contribution >= 0.6 is 12.4 Å². The zero-order valence-electron chi connectivity index (χ0n) is 15.4. The molecule has 3 unspecified atom stereocenters. The van der Waals surface area contributed by atoms with E-state index in [1.54, 1.807) is 12.1 Å². The molecule has 1 amide bonds. The van der Waals surface area contributed by atoms with Crippen molar-refractivity contribution < 1.29 is 14.3 Å². The molecule has 1 aliphatic carbocycles. The van der Waals surface area contributed by atoms with Crippen LogP contribution in [-0.2, 0) is 4.79 Å². The lowest BCUT2D eigenvalue weighted by atomic mass is 9.73. The molecule has 1 heterocycles. The second kappa shape index (κ2) is 8.68. The fraction of sp³-hybridized carbons (Fsp3) is 0.650. The van der Waals surface area contributed by atoms with Crippen molar-refractivity contribution in [2.45, 2.75) is 57.1 Å². The van der Waals surface area contributed by atoms with Gasteiger partial charge in [-0.05, 0) is 56.2 Å². The van der Waals surface area contributed by atoms with Crippen LogP contribution in [0.2, 0.25) is 0 Å². The number of hydrogen-bond acceptors (Lipinski definition) is 3. The van der Waals surface area contributed by atoms with E-state index in [1.165, 1.54) is 12.1 Å². The highest BCUT2D eigenvalue weighted by molar-refractivity contribution is 5.85. The van der Waals surface area contributed by atoms with Crippen LogP contribution in [0.4, 0.5) is 4.39 Å². The number of amides is 1. The number of benzene rings is 1. The first-order valence-electron chi connectivity index (χ1n) is 9.40. The van der Waals surface area contributed by atoms with E-state index in [9.17, 15) is 14.3 Å². The predicted octanol–water partition coefficient (Wildman–Crippen LogP) is 3.43. The van der Waals surface area contributed by atoms with Gasteiger partial charge in [0, 0.05) is 18.6 Å². The molecule has 0 spiro atoms. The van der Waals surface area contributed by atoms with Crippen LogP contribution in [-0.4, -0.2) is 34.5 Å². The zero-order chi connectivity index (χ0) is 18.0. The van der Waals surface area contributed by atoms with Crippen molar-refractivity contribution in [2.24, 2.45) is 17.6 Å². The highest BCUT2D eigenvalue weighted by atomic mass is 35.5. The molecule has 0 bridgehead atoms. The van der Waals surface area contributed by atoms with Gasteiger partial charge in [0.15, 0.2) is 0 Å². The molecule has 3 rings (SSSR count). The van der Waals surface area contributed by atoms with E-state index >= 15 is 0 Å². The van der Waals surface area contributed by atoms with Crippen molar-refractivity contribution in [1.29, 1.82) is 0 Å². The van der Waals surface area contributed by atoms with Gasteiger partial charge in [-0.2, -0.15) is 0 Å². The van der Waals surface area contributed by atoms with E-state index in [-0.39, 0.29) is 36.0 Å². The predicted molar refractivity (Wildman–Crippen MR) is 102 cm³/mol. The third-order valence-electron chi connectivity index (χ3n) is 6.06. The Kier molecular flexibility index (Phi) is 7.05. The van der Waals surface area contributed by atoms with Crippen LogP contribution in [0.1, 0.15) is 57.1 Å². The maximum Gasteiger partial charge on any atom is 0.227 e. The number of nitrogens with two attached hydrogens (primary N) is 1. The van der Waals surface area contributed by atoms with Gasteiger partial charge in [0.25, 0.3) is 0 Å². The first-order chi connectivity index (χ1) is 11.9. The maximum atomic E-state index is 13.0. The lowest BCUT2D eigenvalue weighted by Crippen LogP contribution is -2.55. The van der Waals surface area contributed by atoms with Crippen molar-refractivity contribution >= 4 is 18.3 Å². The summed E-state index contributed by atoms with van der Waals surface area (Å²) in [7, 11) is 0. The molecule has 2 aliphatic rings. The molecule has 1 aromatic rings. The fourth-order valence-electron chi connectivity index (χ4n) is 4.35. The van der Waals surface area contributed by atoms with Crippen molar-refractivity contribution in [3.63, 3.8) is 0 Å². The van der Waals surface area contributed by atoms with E-state index in [4.69, 9.17) is 5.73 Å². The molecule has 26 heavy (non-hydrogen) atoms. The molecule has 1 aromatic carbocycles. The summed E-state index contributed by atoms with van der Waals surface area (Å²) in [6.07, 6.45) is 4.88. The first-order valence-corrected chi connectivity index (χ1v) is 9.40. The van der Waals surface area contributed by atoms with Crippen LogP contribution in [0.25, 0.3) is 0 Å². The van der Waals surface area contributed by atoms with Gasteiger partial charge in [0.1, 0.15) is 5.82 Å². The minimum absolute atomic E-state index is 0. The van der Waals surface area contributed by atoms with Crippen molar-refractivity contribution in [3.05, 3.63) is 35.6 Å². The lowest BCUT2D eigenvalue weighted by molar-refractivity contribution is -0.141. The molecule has 0 radical (unpaired) electrons. The molecule has 1 saturated heterocycles. The Labute approximate surface area is 161 Å². The number of nitrogens with zero attached hydrogens (tertiary/aromatic N) is 1. The first kappa shape index (κ1) is 21.1.